The zero-order valence-corrected chi connectivity index (χ0v) is 38.1. The van der Waals surface area contributed by atoms with Crippen molar-refractivity contribution in [2.24, 2.45) is 0 Å². The van der Waals surface area contributed by atoms with Crippen LogP contribution in [0.4, 0.5) is 0 Å². The smallest absolute Gasteiger partial charge is 0.209 e. The topological polar surface area (TPSA) is 68.3 Å². The predicted molar refractivity (Wildman–Crippen MR) is 240 cm³/mol. The number of unbranched alkanes of at least 4 members (excludes halogenated alkanes) is 4. The van der Waals surface area contributed by atoms with Crippen LogP contribution in [0.1, 0.15) is 144 Å². The molecule has 4 aromatic rings. The molecule has 54 heavy (non-hydrogen) atoms. The molecular weight excluding hydrogens is 785 g/mol. The largest absolute Gasteiger partial charge is 0.218 e. The first-order chi connectivity index (χ1) is 25.8. The quantitative estimate of drug-likeness (QED) is 0.113. The summed E-state index contributed by atoms with van der Waals surface area (Å²) >= 11 is 6.37. The normalized spacial score (nSPS) is 16.6. The molecule has 0 fully saturated rings. The molecule has 6 rings (SSSR count). The second kappa shape index (κ2) is 18.7. The van der Waals surface area contributed by atoms with Crippen molar-refractivity contribution in [3.05, 3.63) is 110 Å². The van der Waals surface area contributed by atoms with Crippen molar-refractivity contribution >= 4 is 84.6 Å². The molecule has 0 unspecified atom stereocenters. The summed E-state index contributed by atoms with van der Waals surface area (Å²) in [6.07, 6.45) is 11.7. The molecule has 4 nitrogen and oxygen atoms in total. The highest BCUT2D eigenvalue weighted by Gasteiger charge is 2.41. The Hall–Kier alpha value is -2.34. The molecule has 6 heterocycles. The van der Waals surface area contributed by atoms with Gasteiger partial charge in [0.15, 0.2) is 0 Å². The Balaban J connectivity index is 0.000000208. The summed E-state index contributed by atoms with van der Waals surface area (Å²) in [6.45, 7) is 16.8. The average molecular weight is 841 g/mol. The average Bonchev–Trinajstić information content (AvgIpc) is 3.98. The lowest BCUT2D eigenvalue weighted by Crippen LogP contribution is -2.01. The molecule has 0 saturated carbocycles. The van der Waals surface area contributed by atoms with Gasteiger partial charge in [-0.2, -0.15) is 0 Å². The minimum Gasteiger partial charge on any atom is -0.218 e. The molecule has 0 radical (unpaired) electrons. The van der Waals surface area contributed by atoms with Crippen molar-refractivity contribution in [2.45, 2.75) is 132 Å². The summed E-state index contributed by atoms with van der Waals surface area (Å²) in [5.41, 5.74) is 4.31. The van der Waals surface area contributed by atoms with Crippen LogP contribution in [0, 0.1) is 27.7 Å². The van der Waals surface area contributed by atoms with Crippen LogP contribution in [0.2, 0.25) is 0 Å². The van der Waals surface area contributed by atoms with Gasteiger partial charge in [0.1, 0.15) is 0 Å². The SMILES string of the molecule is CCCCC1=C(c2ccc(C)s2)S(=O)(=O)C(c2ccc(C)s2)=C1CCCC.CCCCC1=C(c2ccc(C)s2)S(=O)(=O)C(c2ccc(C)s2)=C1CCCC. The van der Waals surface area contributed by atoms with Crippen LogP contribution < -0.4 is 0 Å². The Morgan fingerprint density at radius 2 is 0.574 bits per heavy atom. The van der Waals surface area contributed by atoms with Gasteiger partial charge < -0.3 is 0 Å². The van der Waals surface area contributed by atoms with Crippen LogP contribution in [-0.2, 0) is 19.7 Å². The summed E-state index contributed by atoms with van der Waals surface area (Å²) in [5, 5.41) is 0. The van der Waals surface area contributed by atoms with E-state index in [2.05, 4.69) is 27.7 Å². The number of hydrogen-bond donors (Lipinski definition) is 0. The van der Waals surface area contributed by atoms with Gasteiger partial charge in [0.25, 0.3) is 0 Å². The molecule has 0 atom stereocenters. The Labute approximate surface area is 341 Å². The fourth-order valence-corrected chi connectivity index (χ4v) is 16.3. The van der Waals surface area contributed by atoms with Crippen LogP contribution in [0.25, 0.3) is 19.6 Å². The lowest BCUT2D eigenvalue weighted by Gasteiger charge is -2.10. The van der Waals surface area contributed by atoms with Crippen LogP contribution in [0.5, 0.6) is 0 Å². The van der Waals surface area contributed by atoms with E-state index in [4.69, 9.17) is 0 Å². The molecule has 0 aromatic carbocycles. The lowest BCUT2D eigenvalue weighted by atomic mass is 9.94. The number of thiophene rings is 4. The van der Waals surface area contributed by atoms with Crippen LogP contribution in [0.3, 0.4) is 0 Å². The standard InChI is InChI=1S/2C22H28O2S3/c2*1-5-7-9-17-18(10-8-6-2)22(20-14-12-16(4)26-20)27(23,24)21(17)19-13-11-15(3)25-19/h2*11-14H,5-10H2,1-4H3. The van der Waals surface area contributed by atoms with Gasteiger partial charge in [-0.1, -0.05) is 53.4 Å². The Morgan fingerprint density at radius 3 is 0.722 bits per heavy atom. The molecule has 0 N–H and O–H groups in total. The van der Waals surface area contributed by atoms with Gasteiger partial charge in [-0.25, -0.2) is 16.8 Å². The van der Waals surface area contributed by atoms with E-state index in [-0.39, 0.29) is 0 Å². The van der Waals surface area contributed by atoms with E-state index in [0.717, 1.165) is 138 Å². The summed E-state index contributed by atoms with van der Waals surface area (Å²) in [4.78, 5) is 10.5. The van der Waals surface area contributed by atoms with Crippen molar-refractivity contribution < 1.29 is 16.8 Å². The van der Waals surface area contributed by atoms with Crippen molar-refractivity contribution in [1.29, 1.82) is 0 Å². The van der Waals surface area contributed by atoms with E-state index in [1.165, 1.54) is 0 Å². The maximum absolute atomic E-state index is 13.8. The van der Waals surface area contributed by atoms with Gasteiger partial charge in [0.05, 0.1) is 19.6 Å². The number of sulfone groups is 2. The fraction of sp³-hybridized carbons (Fsp3) is 0.455. The Kier molecular flexibility index (Phi) is 14.8. The minimum atomic E-state index is -3.49. The second-order valence-electron chi connectivity index (χ2n) is 14.3. The number of allylic oxidation sites excluding steroid dienone is 4. The Bertz CT molecular complexity index is 1980. The monoisotopic (exact) mass is 840 g/mol. The lowest BCUT2D eigenvalue weighted by molar-refractivity contribution is 0.613. The molecule has 2 aliphatic rings. The summed E-state index contributed by atoms with van der Waals surface area (Å²) in [7, 11) is -6.97. The van der Waals surface area contributed by atoms with Gasteiger partial charge in [-0.15, -0.1) is 45.3 Å². The van der Waals surface area contributed by atoms with E-state index < -0.39 is 19.7 Å². The molecule has 0 saturated heterocycles. The van der Waals surface area contributed by atoms with Crippen molar-refractivity contribution in [3.63, 3.8) is 0 Å². The molecule has 0 spiro atoms. The van der Waals surface area contributed by atoms with Gasteiger partial charge in [-0.05, 0) is 150 Å². The molecule has 292 valence electrons. The summed E-state index contributed by atoms with van der Waals surface area (Å²) < 4.78 is 55.0. The predicted octanol–water partition coefficient (Wildman–Crippen LogP) is 14.7. The molecule has 0 amide bonds. The molecule has 0 aliphatic carbocycles. The maximum atomic E-state index is 13.8. The van der Waals surface area contributed by atoms with E-state index in [0.29, 0.717) is 19.6 Å². The van der Waals surface area contributed by atoms with Crippen molar-refractivity contribution in [2.75, 3.05) is 0 Å². The van der Waals surface area contributed by atoms with E-state index in [1.807, 2.05) is 76.2 Å². The van der Waals surface area contributed by atoms with Crippen LogP contribution in [0.15, 0.2) is 70.8 Å². The van der Waals surface area contributed by atoms with Crippen LogP contribution >= 0.6 is 45.3 Å². The van der Waals surface area contributed by atoms with Crippen molar-refractivity contribution in [3.8, 4) is 0 Å². The fourth-order valence-electron chi connectivity index (χ4n) is 7.22. The number of aryl methyl sites for hydroxylation is 4. The van der Waals surface area contributed by atoms with E-state index >= 15 is 0 Å². The summed E-state index contributed by atoms with van der Waals surface area (Å²) in [5.74, 6) is 0. The van der Waals surface area contributed by atoms with E-state index in [1.54, 1.807) is 45.3 Å². The molecule has 10 heteroatoms. The third-order valence-corrected chi connectivity index (χ3v) is 18.5. The molecule has 4 aromatic heterocycles. The highest BCUT2D eigenvalue weighted by atomic mass is 32.2. The Morgan fingerprint density at radius 1 is 0.370 bits per heavy atom. The zero-order chi connectivity index (χ0) is 39.2. The second-order valence-corrected chi connectivity index (χ2v) is 23.1. The van der Waals surface area contributed by atoms with Crippen LogP contribution in [-0.4, -0.2) is 16.8 Å². The number of hydrogen-bond acceptors (Lipinski definition) is 8. The van der Waals surface area contributed by atoms with E-state index in [9.17, 15) is 16.8 Å². The highest BCUT2D eigenvalue weighted by Crippen LogP contribution is 2.53. The van der Waals surface area contributed by atoms with Gasteiger partial charge in [0.2, 0.25) is 19.7 Å². The van der Waals surface area contributed by atoms with Gasteiger partial charge >= 0.3 is 0 Å². The highest BCUT2D eigenvalue weighted by molar-refractivity contribution is 8.10. The third kappa shape index (κ3) is 9.10. The van der Waals surface area contributed by atoms with Gasteiger partial charge in [0, 0.05) is 39.0 Å². The number of rotatable bonds is 16. The molecule has 2 aliphatic heterocycles. The summed E-state index contributed by atoms with van der Waals surface area (Å²) in [6, 6.07) is 16.0. The molecule has 0 bridgehead atoms. The first-order valence-electron chi connectivity index (χ1n) is 19.5. The minimum absolute atomic E-state index is 0.584. The first kappa shape index (κ1) is 42.8. The van der Waals surface area contributed by atoms with Gasteiger partial charge in [-0.3, -0.25) is 0 Å². The third-order valence-electron chi connectivity index (χ3n) is 9.88. The first-order valence-corrected chi connectivity index (χ1v) is 25.7. The zero-order valence-electron chi connectivity index (χ0n) is 33.2. The maximum Gasteiger partial charge on any atom is 0.209 e. The molecular formula is C44H56O4S6. The van der Waals surface area contributed by atoms with Crippen molar-refractivity contribution in [1.82, 2.24) is 0 Å².